The molecule has 0 atom stereocenters. The zero-order chi connectivity index (χ0) is 12.1. The summed E-state index contributed by atoms with van der Waals surface area (Å²) in [6.07, 6.45) is 1.67. The van der Waals surface area contributed by atoms with Crippen molar-refractivity contribution in [3.05, 3.63) is 17.7 Å². The fraction of sp³-hybridized carbons (Fsp3) is 0.500. The zero-order valence-electron chi connectivity index (χ0n) is 9.49. The largest absolute Gasteiger partial charge is 0.508 e. The molecule has 0 bridgehead atoms. The second-order valence-electron chi connectivity index (χ2n) is 5.16. The molecule has 1 fully saturated rings. The molecule has 0 amide bonds. The normalized spacial score (nSPS) is 18.4. The van der Waals surface area contributed by atoms with E-state index in [-0.39, 0.29) is 22.7 Å². The topological polar surface area (TPSA) is 86.7 Å². The maximum atomic E-state index is 9.84. The van der Waals surface area contributed by atoms with Crippen LogP contribution in [0.5, 0.6) is 17.2 Å². The van der Waals surface area contributed by atoms with Gasteiger partial charge in [0.25, 0.3) is 0 Å². The SMILES string of the molecule is CC(C)(N)C1(c2c(O)cc(O)cc2O)CC1. The first-order valence-corrected chi connectivity index (χ1v) is 5.32. The standard InChI is InChI=1S/C12H17NO3/c1-11(2,13)12(3-4-12)10-8(15)5-7(14)6-9(10)16/h5-6,14-16H,3-4,13H2,1-2H3. The van der Waals surface area contributed by atoms with Crippen LogP contribution in [-0.2, 0) is 5.41 Å². The van der Waals surface area contributed by atoms with Crippen molar-refractivity contribution in [2.75, 3.05) is 0 Å². The zero-order valence-corrected chi connectivity index (χ0v) is 9.49. The fourth-order valence-corrected chi connectivity index (χ4v) is 2.43. The summed E-state index contributed by atoms with van der Waals surface area (Å²) in [6.45, 7) is 3.76. The van der Waals surface area contributed by atoms with Crippen molar-refractivity contribution in [2.24, 2.45) is 5.73 Å². The molecule has 0 aliphatic heterocycles. The molecular formula is C12H17NO3. The lowest BCUT2D eigenvalue weighted by Crippen LogP contribution is -2.45. The van der Waals surface area contributed by atoms with Crippen LogP contribution < -0.4 is 5.73 Å². The molecule has 4 nitrogen and oxygen atoms in total. The molecule has 16 heavy (non-hydrogen) atoms. The minimum Gasteiger partial charge on any atom is -0.508 e. The molecule has 1 aromatic rings. The van der Waals surface area contributed by atoms with E-state index in [4.69, 9.17) is 5.73 Å². The van der Waals surface area contributed by atoms with Crippen molar-refractivity contribution >= 4 is 0 Å². The van der Waals surface area contributed by atoms with Gasteiger partial charge in [0.2, 0.25) is 0 Å². The molecule has 0 aromatic heterocycles. The monoisotopic (exact) mass is 223 g/mol. The molecule has 1 aromatic carbocycles. The van der Waals surface area contributed by atoms with Crippen molar-refractivity contribution in [1.82, 2.24) is 0 Å². The van der Waals surface area contributed by atoms with Crippen LogP contribution in [0.15, 0.2) is 12.1 Å². The molecule has 4 heteroatoms. The highest BCUT2D eigenvalue weighted by Crippen LogP contribution is 2.59. The summed E-state index contributed by atoms with van der Waals surface area (Å²) in [5, 5.41) is 28.9. The van der Waals surface area contributed by atoms with E-state index in [0.29, 0.717) is 5.56 Å². The first-order valence-electron chi connectivity index (χ1n) is 5.32. The molecular weight excluding hydrogens is 206 g/mol. The fourth-order valence-electron chi connectivity index (χ4n) is 2.43. The molecule has 1 aliphatic carbocycles. The van der Waals surface area contributed by atoms with E-state index in [9.17, 15) is 15.3 Å². The lowest BCUT2D eigenvalue weighted by Gasteiger charge is -2.32. The quantitative estimate of drug-likeness (QED) is 0.613. The van der Waals surface area contributed by atoms with Crippen molar-refractivity contribution in [3.63, 3.8) is 0 Å². The van der Waals surface area contributed by atoms with E-state index >= 15 is 0 Å². The molecule has 88 valence electrons. The Bertz CT molecular complexity index is 407. The van der Waals surface area contributed by atoms with Gasteiger partial charge in [-0.25, -0.2) is 0 Å². The van der Waals surface area contributed by atoms with Crippen molar-refractivity contribution < 1.29 is 15.3 Å². The van der Waals surface area contributed by atoms with Crippen LogP contribution in [0.25, 0.3) is 0 Å². The van der Waals surface area contributed by atoms with Gasteiger partial charge in [-0.3, -0.25) is 0 Å². The van der Waals surface area contributed by atoms with Gasteiger partial charge in [0.15, 0.2) is 0 Å². The van der Waals surface area contributed by atoms with E-state index < -0.39 is 5.54 Å². The third-order valence-electron chi connectivity index (χ3n) is 3.54. The Morgan fingerprint density at radius 1 is 1.12 bits per heavy atom. The van der Waals surface area contributed by atoms with E-state index in [0.717, 1.165) is 12.8 Å². The smallest absolute Gasteiger partial charge is 0.126 e. The molecule has 0 saturated heterocycles. The van der Waals surface area contributed by atoms with Crippen molar-refractivity contribution in [3.8, 4) is 17.2 Å². The Kier molecular flexibility index (Phi) is 2.11. The number of phenols is 3. The van der Waals surface area contributed by atoms with Gasteiger partial charge in [-0.1, -0.05) is 0 Å². The lowest BCUT2D eigenvalue weighted by molar-refractivity contribution is 0.350. The predicted octanol–water partition coefficient (Wildman–Crippen LogP) is 1.57. The Morgan fingerprint density at radius 2 is 1.56 bits per heavy atom. The third kappa shape index (κ3) is 1.41. The summed E-state index contributed by atoms with van der Waals surface area (Å²) in [7, 11) is 0. The van der Waals surface area contributed by atoms with Gasteiger partial charge in [0.1, 0.15) is 17.2 Å². The third-order valence-corrected chi connectivity index (χ3v) is 3.54. The highest BCUT2D eigenvalue weighted by molar-refractivity contribution is 5.56. The van der Waals surface area contributed by atoms with Gasteiger partial charge in [0, 0.05) is 28.7 Å². The lowest BCUT2D eigenvalue weighted by atomic mass is 9.78. The molecule has 0 radical (unpaired) electrons. The highest BCUT2D eigenvalue weighted by atomic mass is 16.3. The van der Waals surface area contributed by atoms with E-state index in [1.54, 1.807) is 0 Å². The van der Waals surface area contributed by atoms with Gasteiger partial charge in [-0.15, -0.1) is 0 Å². The van der Waals surface area contributed by atoms with Gasteiger partial charge < -0.3 is 21.1 Å². The Morgan fingerprint density at radius 3 is 1.88 bits per heavy atom. The molecule has 0 heterocycles. The van der Waals surface area contributed by atoms with Gasteiger partial charge in [0.05, 0.1) is 0 Å². The van der Waals surface area contributed by atoms with Gasteiger partial charge in [-0.2, -0.15) is 0 Å². The average Bonchev–Trinajstić information content (AvgIpc) is 2.81. The van der Waals surface area contributed by atoms with Crippen LogP contribution in [0, 0.1) is 0 Å². The molecule has 2 rings (SSSR count). The van der Waals surface area contributed by atoms with Crippen LogP contribution in [0.2, 0.25) is 0 Å². The summed E-state index contributed by atoms with van der Waals surface area (Å²) in [5.74, 6) is -0.327. The average molecular weight is 223 g/mol. The number of hydrogen-bond acceptors (Lipinski definition) is 4. The maximum Gasteiger partial charge on any atom is 0.126 e. The molecule has 1 saturated carbocycles. The van der Waals surface area contributed by atoms with Crippen molar-refractivity contribution in [2.45, 2.75) is 37.6 Å². The first-order chi connectivity index (χ1) is 7.28. The van der Waals surface area contributed by atoms with Crippen LogP contribution in [-0.4, -0.2) is 20.9 Å². The Hall–Kier alpha value is -1.42. The Balaban J connectivity index is 2.58. The van der Waals surface area contributed by atoms with Crippen LogP contribution in [0.1, 0.15) is 32.3 Å². The number of rotatable bonds is 2. The van der Waals surface area contributed by atoms with E-state index in [2.05, 4.69) is 0 Å². The summed E-state index contributed by atoms with van der Waals surface area (Å²) in [5.41, 5.74) is 5.66. The molecule has 5 N–H and O–H groups in total. The summed E-state index contributed by atoms with van der Waals surface area (Å²) in [4.78, 5) is 0. The number of phenolic OH excluding ortho intramolecular Hbond substituents is 3. The van der Waals surface area contributed by atoms with Crippen LogP contribution in [0.4, 0.5) is 0 Å². The predicted molar refractivity (Wildman–Crippen MR) is 60.6 cm³/mol. The summed E-state index contributed by atoms with van der Waals surface area (Å²) >= 11 is 0. The van der Waals surface area contributed by atoms with Gasteiger partial charge >= 0.3 is 0 Å². The summed E-state index contributed by atoms with van der Waals surface area (Å²) < 4.78 is 0. The number of nitrogens with two attached hydrogens (primary N) is 1. The first kappa shape index (κ1) is 11.1. The number of benzene rings is 1. The Labute approximate surface area is 94.3 Å². The number of hydrogen-bond donors (Lipinski definition) is 4. The molecule has 1 aliphatic rings. The van der Waals surface area contributed by atoms with Crippen LogP contribution >= 0.6 is 0 Å². The van der Waals surface area contributed by atoms with Crippen molar-refractivity contribution in [1.29, 1.82) is 0 Å². The highest BCUT2D eigenvalue weighted by Gasteiger charge is 2.56. The van der Waals surface area contributed by atoms with Crippen LogP contribution in [0.3, 0.4) is 0 Å². The minimum atomic E-state index is -0.515. The number of aromatic hydroxyl groups is 3. The summed E-state index contributed by atoms with van der Waals surface area (Å²) in [6, 6.07) is 2.47. The minimum absolute atomic E-state index is 0.0893. The van der Waals surface area contributed by atoms with E-state index in [1.165, 1.54) is 12.1 Å². The second-order valence-corrected chi connectivity index (χ2v) is 5.16. The second kappa shape index (κ2) is 3.04. The van der Waals surface area contributed by atoms with Gasteiger partial charge in [-0.05, 0) is 26.7 Å². The molecule has 0 spiro atoms. The van der Waals surface area contributed by atoms with E-state index in [1.807, 2.05) is 13.8 Å². The molecule has 0 unspecified atom stereocenters. The maximum absolute atomic E-state index is 9.84.